The van der Waals surface area contributed by atoms with Crippen LogP contribution in [0.1, 0.15) is 64.7 Å². The molecule has 2 aliphatic rings. The fourth-order valence-electron chi connectivity index (χ4n) is 3.18. The van der Waals surface area contributed by atoms with Crippen molar-refractivity contribution in [1.29, 1.82) is 0 Å². The van der Waals surface area contributed by atoms with Crippen LogP contribution in [-0.4, -0.2) is 37.0 Å². The van der Waals surface area contributed by atoms with Crippen molar-refractivity contribution in [2.45, 2.75) is 81.9 Å². The number of alkyl halides is 1. The van der Waals surface area contributed by atoms with Crippen molar-refractivity contribution in [1.82, 2.24) is 0 Å². The number of hydrogen-bond donors (Lipinski definition) is 0. The van der Waals surface area contributed by atoms with Gasteiger partial charge in [-0.15, -0.1) is 0 Å². The van der Waals surface area contributed by atoms with Crippen LogP contribution in [-0.2, 0) is 14.2 Å². The third-order valence-electron chi connectivity index (χ3n) is 4.58. The Morgan fingerprint density at radius 2 is 1.62 bits per heavy atom. The van der Waals surface area contributed by atoms with E-state index in [9.17, 15) is 0 Å². The number of halogens is 1. The van der Waals surface area contributed by atoms with Gasteiger partial charge in [0.1, 0.15) is 6.10 Å². The van der Waals surface area contributed by atoms with E-state index in [2.05, 4.69) is 22.9 Å². The largest absolute Gasteiger partial charge is 0.373 e. The summed E-state index contributed by atoms with van der Waals surface area (Å²) < 4.78 is 17.7. The summed E-state index contributed by atoms with van der Waals surface area (Å²) in [5, 5.41) is 0. The summed E-state index contributed by atoms with van der Waals surface area (Å²) in [6.07, 6.45) is 11.5. The van der Waals surface area contributed by atoms with Crippen molar-refractivity contribution in [3.63, 3.8) is 0 Å². The van der Waals surface area contributed by atoms with Gasteiger partial charge < -0.3 is 14.2 Å². The zero-order valence-electron chi connectivity index (χ0n) is 13.4. The zero-order chi connectivity index (χ0) is 14.9. The van der Waals surface area contributed by atoms with Crippen LogP contribution in [0.4, 0.5) is 0 Å². The van der Waals surface area contributed by atoms with E-state index in [1.54, 1.807) is 0 Å². The van der Waals surface area contributed by atoms with Crippen LogP contribution in [0.3, 0.4) is 0 Å². The molecule has 4 heteroatoms. The molecule has 0 spiro atoms. The Balaban J connectivity index is 1.52. The molecule has 0 aromatic heterocycles. The summed E-state index contributed by atoms with van der Waals surface area (Å²) >= 11 is 3.70. The van der Waals surface area contributed by atoms with Crippen molar-refractivity contribution in [3.05, 3.63) is 0 Å². The first-order valence-electron chi connectivity index (χ1n) is 8.78. The van der Waals surface area contributed by atoms with Crippen LogP contribution < -0.4 is 0 Å². The van der Waals surface area contributed by atoms with Crippen LogP contribution >= 0.6 is 15.9 Å². The van der Waals surface area contributed by atoms with Crippen LogP contribution in [0.5, 0.6) is 0 Å². The minimum atomic E-state index is 0.00871. The molecule has 0 radical (unpaired) electrons. The van der Waals surface area contributed by atoms with Gasteiger partial charge >= 0.3 is 0 Å². The van der Waals surface area contributed by atoms with Gasteiger partial charge in [-0.2, -0.15) is 0 Å². The first kappa shape index (κ1) is 17.7. The van der Waals surface area contributed by atoms with Gasteiger partial charge in [-0.05, 0) is 32.1 Å². The highest BCUT2D eigenvalue weighted by atomic mass is 79.9. The molecule has 0 bridgehead atoms. The Bertz CT molecular complexity index is 259. The van der Waals surface area contributed by atoms with E-state index in [-0.39, 0.29) is 12.4 Å². The highest BCUT2D eigenvalue weighted by molar-refractivity contribution is 9.09. The fraction of sp³-hybridized carbons (Fsp3) is 1.00. The van der Waals surface area contributed by atoms with Crippen LogP contribution in [0.2, 0.25) is 0 Å². The van der Waals surface area contributed by atoms with Gasteiger partial charge in [-0.1, -0.05) is 48.5 Å². The third kappa shape index (κ3) is 6.55. The van der Waals surface area contributed by atoms with Gasteiger partial charge in [-0.3, -0.25) is 0 Å². The second-order valence-electron chi connectivity index (χ2n) is 6.45. The molecule has 1 saturated carbocycles. The molecule has 0 unspecified atom stereocenters. The van der Waals surface area contributed by atoms with Crippen molar-refractivity contribution >= 4 is 15.9 Å². The van der Waals surface area contributed by atoms with E-state index < -0.39 is 0 Å². The van der Waals surface area contributed by atoms with Crippen LogP contribution in [0, 0.1) is 5.92 Å². The van der Waals surface area contributed by atoms with Crippen molar-refractivity contribution < 1.29 is 14.2 Å². The Kier molecular flexibility index (Phi) is 8.60. The van der Waals surface area contributed by atoms with Gasteiger partial charge in [0, 0.05) is 17.4 Å². The van der Waals surface area contributed by atoms with Gasteiger partial charge in [-0.25, -0.2) is 0 Å². The molecule has 0 N–H and O–H groups in total. The van der Waals surface area contributed by atoms with Crippen molar-refractivity contribution in [2.75, 3.05) is 19.8 Å². The molecule has 0 aromatic carbocycles. The second kappa shape index (κ2) is 10.2. The monoisotopic (exact) mass is 362 g/mol. The second-order valence-corrected chi connectivity index (χ2v) is 7.75. The quantitative estimate of drug-likeness (QED) is 0.463. The predicted molar refractivity (Wildman–Crippen MR) is 88.9 cm³/mol. The lowest BCUT2D eigenvalue weighted by molar-refractivity contribution is -0.248. The zero-order valence-corrected chi connectivity index (χ0v) is 15.0. The van der Waals surface area contributed by atoms with Gasteiger partial charge in [0.2, 0.25) is 0 Å². The molecule has 21 heavy (non-hydrogen) atoms. The molecule has 1 heterocycles. The molecule has 0 amide bonds. The molecule has 1 aliphatic carbocycles. The molecule has 2 rings (SSSR count). The fourth-order valence-corrected chi connectivity index (χ4v) is 3.70. The minimum Gasteiger partial charge on any atom is -0.373 e. The highest BCUT2D eigenvalue weighted by Gasteiger charge is 2.32. The standard InChI is InChI=1S/C17H31BrO3/c1-2-3-4-5-6-11-19-16-12-20-17(21-13-16)14-7-9-15(18)10-8-14/h14-17H,2-13H2,1H3/t14-,15-,16-,17-. The lowest BCUT2D eigenvalue weighted by Gasteiger charge is -2.36. The van der Waals surface area contributed by atoms with E-state index in [1.807, 2.05) is 0 Å². The Morgan fingerprint density at radius 1 is 0.952 bits per heavy atom. The van der Waals surface area contributed by atoms with E-state index in [0.717, 1.165) is 13.0 Å². The van der Waals surface area contributed by atoms with E-state index in [0.29, 0.717) is 24.0 Å². The number of hydrogen-bond acceptors (Lipinski definition) is 3. The number of rotatable bonds is 8. The van der Waals surface area contributed by atoms with Crippen molar-refractivity contribution in [2.24, 2.45) is 5.92 Å². The highest BCUT2D eigenvalue weighted by Crippen LogP contribution is 2.33. The number of ether oxygens (including phenoxy) is 3. The molecule has 124 valence electrons. The van der Waals surface area contributed by atoms with Crippen molar-refractivity contribution in [3.8, 4) is 0 Å². The molecule has 0 atom stereocenters. The smallest absolute Gasteiger partial charge is 0.160 e. The summed E-state index contributed by atoms with van der Waals surface area (Å²) in [5.41, 5.74) is 0. The number of unbranched alkanes of at least 4 members (excludes halogenated alkanes) is 4. The SMILES string of the molecule is CCCCCCCO[C@H]1CO[C@H]([C@H]2CC[C@H](Br)CC2)OC1. The maximum atomic E-state index is 5.90. The summed E-state index contributed by atoms with van der Waals surface area (Å²) in [4.78, 5) is 0.695. The molecule has 3 nitrogen and oxygen atoms in total. The van der Waals surface area contributed by atoms with Gasteiger partial charge in [0.25, 0.3) is 0 Å². The molecule has 1 aliphatic heterocycles. The normalized spacial score (nSPS) is 34.0. The van der Waals surface area contributed by atoms with Crippen LogP contribution in [0.25, 0.3) is 0 Å². The lowest BCUT2D eigenvalue weighted by Crippen LogP contribution is -2.42. The van der Waals surface area contributed by atoms with E-state index >= 15 is 0 Å². The van der Waals surface area contributed by atoms with E-state index in [1.165, 1.54) is 51.4 Å². The summed E-state index contributed by atoms with van der Waals surface area (Å²) in [7, 11) is 0. The summed E-state index contributed by atoms with van der Waals surface area (Å²) in [6.45, 7) is 4.50. The first-order valence-corrected chi connectivity index (χ1v) is 9.70. The van der Waals surface area contributed by atoms with Gasteiger partial charge in [0.15, 0.2) is 6.29 Å². The average Bonchev–Trinajstić information content (AvgIpc) is 2.52. The summed E-state index contributed by atoms with van der Waals surface area (Å²) in [5.74, 6) is 0.578. The Hall–Kier alpha value is 0.360. The average molecular weight is 363 g/mol. The van der Waals surface area contributed by atoms with Crippen LogP contribution in [0.15, 0.2) is 0 Å². The third-order valence-corrected chi connectivity index (χ3v) is 5.50. The maximum absolute atomic E-state index is 5.90. The van der Waals surface area contributed by atoms with E-state index in [4.69, 9.17) is 14.2 Å². The molecular weight excluding hydrogens is 332 g/mol. The summed E-state index contributed by atoms with van der Waals surface area (Å²) in [6, 6.07) is 0. The molecular formula is C17H31BrO3. The topological polar surface area (TPSA) is 27.7 Å². The molecule has 2 fully saturated rings. The maximum Gasteiger partial charge on any atom is 0.160 e. The Morgan fingerprint density at radius 3 is 2.29 bits per heavy atom. The molecule has 0 aromatic rings. The predicted octanol–water partition coefficient (Wildman–Crippen LogP) is 4.67. The lowest BCUT2D eigenvalue weighted by atomic mass is 9.88. The Labute approximate surface area is 138 Å². The molecule has 1 saturated heterocycles. The minimum absolute atomic E-state index is 0.00871. The van der Waals surface area contributed by atoms with Gasteiger partial charge in [0.05, 0.1) is 13.2 Å². The first-order chi connectivity index (χ1) is 10.3.